The first kappa shape index (κ1) is 11.7. The lowest BCUT2D eigenvalue weighted by Crippen LogP contribution is -1.83. The molecule has 4 rings (SSSR count). The summed E-state index contributed by atoms with van der Waals surface area (Å²) in [5, 5.41) is 18.2. The van der Waals surface area contributed by atoms with Crippen molar-refractivity contribution in [2.24, 2.45) is 0 Å². The molecule has 3 aromatic heterocycles. The highest BCUT2D eigenvalue weighted by atomic mass is 16.3. The van der Waals surface area contributed by atoms with Gasteiger partial charge in [-0.05, 0) is 12.1 Å². The Morgan fingerprint density at radius 3 is 2.52 bits per heavy atom. The number of nitrogens with one attached hydrogen (secondary N) is 2. The molecular weight excluding hydrogens is 264 g/mol. The number of nitrogens with zero attached hydrogens (tertiary/aromatic N) is 2. The molecule has 0 atom stereocenters. The second-order valence-electron chi connectivity index (χ2n) is 4.78. The third kappa shape index (κ3) is 1.79. The largest absolute Gasteiger partial charge is 0.493 e. The molecule has 0 aliphatic heterocycles. The van der Waals surface area contributed by atoms with E-state index < -0.39 is 0 Å². The van der Waals surface area contributed by atoms with Gasteiger partial charge in [-0.1, -0.05) is 30.3 Å². The van der Waals surface area contributed by atoms with E-state index in [4.69, 9.17) is 0 Å². The van der Waals surface area contributed by atoms with E-state index in [2.05, 4.69) is 20.2 Å². The second kappa shape index (κ2) is 4.49. The lowest BCUT2D eigenvalue weighted by Gasteiger charge is -2.00. The molecule has 0 aliphatic rings. The van der Waals surface area contributed by atoms with E-state index in [1.165, 1.54) is 0 Å². The number of H-pyrrole nitrogens is 2. The van der Waals surface area contributed by atoms with E-state index in [1.807, 2.05) is 42.5 Å². The van der Waals surface area contributed by atoms with Gasteiger partial charge in [-0.15, -0.1) is 0 Å². The lowest BCUT2D eigenvalue weighted by atomic mass is 10.1. The fraction of sp³-hybridized carbons (Fsp3) is 0. The van der Waals surface area contributed by atoms with Crippen LogP contribution in [0.1, 0.15) is 0 Å². The number of aromatic amines is 2. The van der Waals surface area contributed by atoms with Crippen LogP contribution in [0.4, 0.5) is 0 Å². The summed E-state index contributed by atoms with van der Waals surface area (Å²) in [6.07, 6.45) is 3.48. The van der Waals surface area contributed by atoms with E-state index in [1.54, 1.807) is 12.4 Å². The minimum absolute atomic E-state index is 0.0820. The van der Waals surface area contributed by atoms with Crippen LogP contribution in [-0.2, 0) is 0 Å². The van der Waals surface area contributed by atoms with Crippen molar-refractivity contribution in [2.45, 2.75) is 0 Å². The molecule has 0 unspecified atom stereocenters. The maximum Gasteiger partial charge on any atom is 0.215 e. The standard InChI is InChI=1S/C16H12N4O/c21-16-15-12(13(18-16)11-7-4-8-17-9-11)14(19-20-15)10-5-2-1-3-6-10/h1-9,18,20-21H. The number of rotatable bonds is 2. The summed E-state index contributed by atoms with van der Waals surface area (Å²) >= 11 is 0. The summed E-state index contributed by atoms with van der Waals surface area (Å²) < 4.78 is 0. The zero-order valence-electron chi connectivity index (χ0n) is 11.0. The quantitative estimate of drug-likeness (QED) is 0.525. The number of aromatic nitrogens is 4. The molecule has 0 saturated heterocycles. The van der Waals surface area contributed by atoms with Crippen molar-refractivity contribution in [3.63, 3.8) is 0 Å². The minimum Gasteiger partial charge on any atom is -0.493 e. The Kier molecular flexibility index (Phi) is 2.50. The van der Waals surface area contributed by atoms with Gasteiger partial charge >= 0.3 is 0 Å². The van der Waals surface area contributed by atoms with Gasteiger partial charge in [-0.3, -0.25) is 10.1 Å². The van der Waals surface area contributed by atoms with Gasteiger partial charge in [0.05, 0.1) is 11.1 Å². The van der Waals surface area contributed by atoms with Gasteiger partial charge in [0.25, 0.3) is 0 Å². The normalized spacial score (nSPS) is 11.0. The van der Waals surface area contributed by atoms with Crippen LogP contribution < -0.4 is 0 Å². The maximum absolute atomic E-state index is 10.1. The molecule has 0 spiro atoms. The van der Waals surface area contributed by atoms with Gasteiger partial charge < -0.3 is 10.1 Å². The van der Waals surface area contributed by atoms with Crippen molar-refractivity contribution < 1.29 is 5.11 Å². The summed E-state index contributed by atoms with van der Waals surface area (Å²) in [6, 6.07) is 13.7. The number of hydrogen-bond acceptors (Lipinski definition) is 3. The van der Waals surface area contributed by atoms with Crippen LogP contribution in [0.5, 0.6) is 5.88 Å². The number of pyridine rings is 1. The van der Waals surface area contributed by atoms with Crippen molar-refractivity contribution in [2.75, 3.05) is 0 Å². The number of hydrogen-bond donors (Lipinski definition) is 3. The third-order valence-electron chi connectivity index (χ3n) is 3.49. The molecule has 0 saturated carbocycles. The fourth-order valence-electron chi connectivity index (χ4n) is 2.53. The summed E-state index contributed by atoms with van der Waals surface area (Å²) in [5.41, 5.74) is 4.12. The molecule has 0 aliphatic carbocycles. The zero-order chi connectivity index (χ0) is 14.2. The Labute approximate surface area is 120 Å². The molecule has 5 nitrogen and oxygen atoms in total. The Morgan fingerprint density at radius 1 is 0.952 bits per heavy atom. The Hall–Kier alpha value is -3.08. The zero-order valence-corrected chi connectivity index (χ0v) is 11.0. The Balaban J connectivity index is 2.03. The molecular formula is C16H12N4O. The van der Waals surface area contributed by atoms with Crippen molar-refractivity contribution >= 4 is 10.9 Å². The predicted octanol–water partition coefficient (Wildman–Crippen LogP) is 3.33. The van der Waals surface area contributed by atoms with Gasteiger partial charge in [0.15, 0.2) is 0 Å². The Bertz CT molecular complexity index is 894. The first-order valence-electron chi connectivity index (χ1n) is 6.59. The maximum atomic E-state index is 10.1. The first-order valence-corrected chi connectivity index (χ1v) is 6.59. The van der Waals surface area contributed by atoms with Gasteiger partial charge in [-0.25, -0.2) is 0 Å². The molecule has 3 N–H and O–H groups in total. The summed E-state index contributed by atoms with van der Waals surface area (Å²) in [5.74, 6) is 0.0820. The molecule has 5 heteroatoms. The first-order chi connectivity index (χ1) is 10.3. The van der Waals surface area contributed by atoms with Crippen LogP contribution in [0.2, 0.25) is 0 Å². The average Bonchev–Trinajstić information content (AvgIpc) is 3.11. The van der Waals surface area contributed by atoms with Crippen LogP contribution in [-0.4, -0.2) is 25.3 Å². The lowest BCUT2D eigenvalue weighted by molar-refractivity contribution is 0.461. The van der Waals surface area contributed by atoms with Crippen LogP contribution in [0.3, 0.4) is 0 Å². The van der Waals surface area contributed by atoms with Gasteiger partial charge in [0.1, 0.15) is 11.2 Å². The highest BCUT2D eigenvalue weighted by Gasteiger charge is 2.19. The molecule has 0 bridgehead atoms. The molecule has 0 radical (unpaired) electrons. The molecule has 21 heavy (non-hydrogen) atoms. The molecule has 0 amide bonds. The molecule has 102 valence electrons. The van der Waals surface area contributed by atoms with Crippen LogP contribution in [0, 0.1) is 0 Å². The average molecular weight is 276 g/mol. The fourth-order valence-corrected chi connectivity index (χ4v) is 2.53. The van der Waals surface area contributed by atoms with Crippen molar-refractivity contribution in [3.8, 4) is 28.4 Å². The number of fused-ring (bicyclic) bond motifs is 1. The molecule has 3 heterocycles. The highest BCUT2D eigenvalue weighted by molar-refractivity contribution is 6.05. The second-order valence-corrected chi connectivity index (χ2v) is 4.78. The molecule has 0 fully saturated rings. The predicted molar refractivity (Wildman–Crippen MR) is 80.8 cm³/mol. The summed E-state index contributed by atoms with van der Waals surface area (Å²) in [7, 11) is 0. The van der Waals surface area contributed by atoms with E-state index >= 15 is 0 Å². The van der Waals surface area contributed by atoms with E-state index in [-0.39, 0.29) is 5.88 Å². The van der Waals surface area contributed by atoms with Gasteiger partial charge in [0.2, 0.25) is 5.88 Å². The topological polar surface area (TPSA) is 77.6 Å². The van der Waals surface area contributed by atoms with Crippen molar-refractivity contribution in [1.82, 2.24) is 20.2 Å². The molecule has 1 aromatic carbocycles. The Morgan fingerprint density at radius 2 is 1.76 bits per heavy atom. The van der Waals surface area contributed by atoms with Crippen LogP contribution >= 0.6 is 0 Å². The summed E-state index contributed by atoms with van der Waals surface area (Å²) in [4.78, 5) is 7.14. The molecule has 4 aromatic rings. The highest BCUT2D eigenvalue weighted by Crippen LogP contribution is 2.38. The SMILES string of the molecule is Oc1[nH]c(-c2cccnc2)c2c(-c3ccccc3)n[nH]c12. The smallest absolute Gasteiger partial charge is 0.215 e. The van der Waals surface area contributed by atoms with Gasteiger partial charge in [-0.2, -0.15) is 5.10 Å². The number of benzene rings is 1. The van der Waals surface area contributed by atoms with Gasteiger partial charge in [0, 0.05) is 23.5 Å². The van der Waals surface area contributed by atoms with E-state index in [0.29, 0.717) is 5.52 Å². The minimum atomic E-state index is 0.0820. The van der Waals surface area contributed by atoms with E-state index in [9.17, 15) is 5.11 Å². The monoisotopic (exact) mass is 276 g/mol. The third-order valence-corrected chi connectivity index (χ3v) is 3.49. The van der Waals surface area contributed by atoms with E-state index in [0.717, 1.165) is 27.9 Å². The summed E-state index contributed by atoms with van der Waals surface area (Å²) in [6.45, 7) is 0. The van der Waals surface area contributed by atoms with Crippen LogP contribution in [0.25, 0.3) is 33.4 Å². The van der Waals surface area contributed by atoms with Crippen LogP contribution in [0.15, 0.2) is 54.9 Å². The van der Waals surface area contributed by atoms with Crippen molar-refractivity contribution in [3.05, 3.63) is 54.9 Å². The number of aromatic hydroxyl groups is 1. The van der Waals surface area contributed by atoms with Crippen molar-refractivity contribution in [1.29, 1.82) is 0 Å².